The topological polar surface area (TPSA) is 34.2 Å². The Bertz CT molecular complexity index is 1060. The molecule has 28 heavy (non-hydrogen) atoms. The van der Waals surface area contributed by atoms with Crippen molar-refractivity contribution in [3.8, 4) is 16.8 Å². The van der Waals surface area contributed by atoms with Crippen molar-refractivity contribution in [2.75, 3.05) is 13.1 Å². The van der Waals surface area contributed by atoms with E-state index in [1.165, 1.54) is 24.8 Å². The van der Waals surface area contributed by atoms with Crippen LogP contribution in [0.1, 0.15) is 25.5 Å². The molecule has 2 aromatic carbocycles. The highest BCUT2D eigenvalue weighted by Crippen LogP contribution is 2.32. The number of hydrogen-bond donors (Lipinski definition) is 0. The number of benzene rings is 2. The molecule has 0 N–H and O–H groups in total. The first-order chi connectivity index (χ1) is 13.8. The summed E-state index contributed by atoms with van der Waals surface area (Å²) >= 11 is 0. The van der Waals surface area contributed by atoms with E-state index in [1.54, 1.807) is 6.20 Å². The zero-order chi connectivity index (χ0) is 18.9. The van der Waals surface area contributed by atoms with Gasteiger partial charge in [-0.1, -0.05) is 30.3 Å². The standard InChI is InChI=1S/C24H25N3O/c1-18-5-3-14-26(18)16-12-22-17-20-6-2-7-23(24(20)28-22)19-8-10-21(11-9-19)27-15-4-13-25-27/h2,4,6-11,13,15,17-18H,3,5,12,14,16H2,1H3/t18-/m1/s1. The minimum absolute atomic E-state index is 0.702. The molecule has 3 heterocycles. The second kappa shape index (κ2) is 7.28. The highest BCUT2D eigenvalue weighted by Gasteiger charge is 2.20. The summed E-state index contributed by atoms with van der Waals surface area (Å²) in [5.74, 6) is 1.08. The summed E-state index contributed by atoms with van der Waals surface area (Å²) in [4.78, 5) is 2.57. The van der Waals surface area contributed by atoms with Crippen LogP contribution in [-0.2, 0) is 6.42 Å². The number of nitrogens with zero attached hydrogens (tertiary/aromatic N) is 3. The lowest BCUT2D eigenvalue weighted by molar-refractivity contribution is 0.266. The van der Waals surface area contributed by atoms with Crippen molar-refractivity contribution >= 4 is 11.0 Å². The number of fused-ring (bicyclic) bond motifs is 1. The Balaban J connectivity index is 1.41. The Morgan fingerprint density at radius 1 is 1.11 bits per heavy atom. The summed E-state index contributed by atoms with van der Waals surface area (Å²) in [6.07, 6.45) is 7.35. The van der Waals surface area contributed by atoms with Gasteiger partial charge in [-0.2, -0.15) is 5.10 Å². The molecular weight excluding hydrogens is 346 g/mol. The number of aromatic nitrogens is 2. The SMILES string of the molecule is C[C@@H]1CCCN1CCc1cc2cccc(-c3ccc(-n4cccn4)cc3)c2o1. The molecule has 1 fully saturated rings. The van der Waals surface area contributed by atoms with E-state index in [0.29, 0.717) is 6.04 Å². The highest BCUT2D eigenvalue weighted by molar-refractivity contribution is 5.92. The maximum atomic E-state index is 6.31. The number of furan rings is 1. The molecule has 0 aliphatic carbocycles. The Kier molecular flexibility index (Phi) is 4.49. The van der Waals surface area contributed by atoms with Gasteiger partial charge in [0.15, 0.2) is 0 Å². The van der Waals surface area contributed by atoms with Crippen LogP contribution in [0.4, 0.5) is 0 Å². The van der Waals surface area contributed by atoms with E-state index in [0.717, 1.165) is 41.1 Å². The Hall–Kier alpha value is -2.85. The molecule has 0 unspecified atom stereocenters. The van der Waals surface area contributed by atoms with Crippen molar-refractivity contribution in [2.45, 2.75) is 32.2 Å². The van der Waals surface area contributed by atoms with Gasteiger partial charge in [-0.15, -0.1) is 0 Å². The molecule has 2 aromatic heterocycles. The van der Waals surface area contributed by atoms with Crippen molar-refractivity contribution in [1.82, 2.24) is 14.7 Å². The minimum Gasteiger partial charge on any atom is -0.460 e. The second-order valence-electron chi connectivity index (χ2n) is 7.71. The summed E-state index contributed by atoms with van der Waals surface area (Å²) in [6.45, 7) is 4.63. The molecule has 0 spiro atoms. The van der Waals surface area contributed by atoms with E-state index in [1.807, 2.05) is 16.9 Å². The van der Waals surface area contributed by atoms with E-state index in [9.17, 15) is 0 Å². The molecule has 1 aliphatic rings. The van der Waals surface area contributed by atoms with Crippen molar-refractivity contribution in [2.24, 2.45) is 0 Å². The molecule has 142 valence electrons. The lowest BCUT2D eigenvalue weighted by atomic mass is 10.0. The number of likely N-dealkylation sites (tertiary alicyclic amines) is 1. The highest BCUT2D eigenvalue weighted by atomic mass is 16.3. The van der Waals surface area contributed by atoms with Crippen LogP contribution >= 0.6 is 0 Å². The van der Waals surface area contributed by atoms with Gasteiger partial charge in [0.1, 0.15) is 11.3 Å². The van der Waals surface area contributed by atoms with E-state index < -0.39 is 0 Å². The van der Waals surface area contributed by atoms with Gasteiger partial charge in [0.05, 0.1) is 5.69 Å². The van der Waals surface area contributed by atoms with Crippen molar-refractivity contribution in [1.29, 1.82) is 0 Å². The maximum absolute atomic E-state index is 6.31. The summed E-state index contributed by atoms with van der Waals surface area (Å²) in [7, 11) is 0. The smallest absolute Gasteiger partial charge is 0.142 e. The molecule has 0 amide bonds. The minimum atomic E-state index is 0.702. The zero-order valence-corrected chi connectivity index (χ0v) is 16.2. The first-order valence-corrected chi connectivity index (χ1v) is 10.1. The van der Waals surface area contributed by atoms with E-state index in [2.05, 4.69) is 65.5 Å². The average molecular weight is 371 g/mol. The summed E-state index contributed by atoms with van der Waals surface area (Å²) in [5.41, 5.74) is 4.35. The molecule has 0 bridgehead atoms. The third-order valence-corrected chi connectivity index (χ3v) is 5.88. The van der Waals surface area contributed by atoms with Gasteiger partial charge in [-0.25, -0.2) is 4.68 Å². The molecule has 4 aromatic rings. The van der Waals surface area contributed by atoms with Crippen LogP contribution in [0.15, 0.2) is 71.4 Å². The first kappa shape index (κ1) is 17.3. The van der Waals surface area contributed by atoms with Gasteiger partial charge < -0.3 is 9.32 Å². The van der Waals surface area contributed by atoms with Crippen LogP contribution in [-0.4, -0.2) is 33.8 Å². The van der Waals surface area contributed by atoms with Crippen LogP contribution in [0, 0.1) is 0 Å². The summed E-state index contributed by atoms with van der Waals surface area (Å²) in [5, 5.41) is 5.47. The third kappa shape index (κ3) is 3.25. The zero-order valence-electron chi connectivity index (χ0n) is 16.2. The number of hydrogen-bond acceptors (Lipinski definition) is 3. The van der Waals surface area contributed by atoms with Gasteiger partial charge in [0.2, 0.25) is 0 Å². The predicted molar refractivity (Wildman–Crippen MR) is 113 cm³/mol. The predicted octanol–water partition coefficient (Wildman–Crippen LogP) is 5.31. The molecule has 4 heteroatoms. The summed E-state index contributed by atoms with van der Waals surface area (Å²) < 4.78 is 8.18. The monoisotopic (exact) mass is 371 g/mol. The fourth-order valence-electron chi connectivity index (χ4n) is 4.26. The molecule has 1 aliphatic heterocycles. The second-order valence-corrected chi connectivity index (χ2v) is 7.71. The van der Waals surface area contributed by atoms with E-state index in [-0.39, 0.29) is 0 Å². The molecule has 1 saturated heterocycles. The first-order valence-electron chi connectivity index (χ1n) is 10.1. The molecule has 1 atom stereocenters. The average Bonchev–Trinajstić information content (AvgIpc) is 3.47. The fourth-order valence-corrected chi connectivity index (χ4v) is 4.26. The van der Waals surface area contributed by atoms with Gasteiger partial charge >= 0.3 is 0 Å². The van der Waals surface area contributed by atoms with Gasteiger partial charge in [0.25, 0.3) is 0 Å². The van der Waals surface area contributed by atoms with Crippen LogP contribution < -0.4 is 0 Å². The van der Waals surface area contributed by atoms with Gasteiger partial charge in [-0.05, 0) is 56.1 Å². The lowest BCUT2D eigenvalue weighted by Gasteiger charge is -2.19. The van der Waals surface area contributed by atoms with Crippen LogP contribution in [0.25, 0.3) is 27.8 Å². The quantitative estimate of drug-likeness (QED) is 0.477. The maximum Gasteiger partial charge on any atom is 0.142 e. The molecule has 4 nitrogen and oxygen atoms in total. The van der Waals surface area contributed by atoms with E-state index in [4.69, 9.17) is 4.42 Å². The summed E-state index contributed by atoms with van der Waals surface area (Å²) in [6, 6.07) is 19.7. The van der Waals surface area contributed by atoms with Crippen LogP contribution in [0.3, 0.4) is 0 Å². The Morgan fingerprint density at radius 2 is 2.00 bits per heavy atom. The largest absolute Gasteiger partial charge is 0.460 e. The van der Waals surface area contributed by atoms with Crippen molar-refractivity contribution in [3.63, 3.8) is 0 Å². The molecule has 5 rings (SSSR count). The number of rotatable bonds is 5. The van der Waals surface area contributed by atoms with Gasteiger partial charge in [0, 0.05) is 42.4 Å². The molecular formula is C24H25N3O. The van der Waals surface area contributed by atoms with Gasteiger partial charge in [-0.3, -0.25) is 0 Å². The van der Waals surface area contributed by atoms with E-state index >= 15 is 0 Å². The third-order valence-electron chi connectivity index (χ3n) is 5.88. The molecule has 0 saturated carbocycles. The number of para-hydroxylation sites is 1. The fraction of sp³-hybridized carbons (Fsp3) is 0.292. The van der Waals surface area contributed by atoms with Crippen LogP contribution in [0.5, 0.6) is 0 Å². The Morgan fingerprint density at radius 3 is 2.75 bits per heavy atom. The Labute approximate surface area is 165 Å². The van der Waals surface area contributed by atoms with Crippen molar-refractivity contribution < 1.29 is 4.42 Å². The lowest BCUT2D eigenvalue weighted by Crippen LogP contribution is -2.28. The van der Waals surface area contributed by atoms with Crippen molar-refractivity contribution in [3.05, 3.63) is 72.8 Å². The van der Waals surface area contributed by atoms with Crippen LogP contribution in [0.2, 0.25) is 0 Å². The normalized spacial score (nSPS) is 17.5. The molecule has 0 radical (unpaired) electrons.